The summed E-state index contributed by atoms with van der Waals surface area (Å²) in [6, 6.07) is 47.2. The fourth-order valence-electron chi connectivity index (χ4n) is 12.5. The van der Waals surface area contributed by atoms with Gasteiger partial charge >= 0.3 is 44.8 Å². The molecular formula is C62H68Au2P2+2. The van der Waals surface area contributed by atoms with E-state index in [1.54, 1.807) is 51.4 Å². The Morgan fingerprint density at radius 3 is 0.879 bits per heavy atom. The van der Waals surface area contributed by atoms with E-state index in [-0.39, 0.29) is 44.8 Å². The van der Waals surface area contributed by atoms with E-state index in [0.29, 0.717) is 0 Å². The van der Waals surface area contributed by atoms with Crippen LogP contribution >= 0.6 is 15.8 Å². The third kappa shape index (κ3) is 11.9. The summed E-state index contributed by atoms with van der Waals surface area (Å²) in [7, 11) is -0.895. The molecule has 0 aliphatic heterocycles. The Morgan fingerprint density at radius 1 is 0.318 bits per heavy atom. The van der Waals surface area contributed by atoms with Crippen LogP contribution in [0.25, 0.3) is 43.1 Å². The van der Waals surface area contributed by atoms with E-state index in [4.69, 9.17) is 12.8 Å². The number of hydrogen-bond acceptors (Lipinski definition) is 0. The fourth-order valence-corrected chi connectivity index (χ4v) is 21.9. The summed E-state index contributed by atoms with van der Waals surface area (Å²) in [6.07, 6.45) is 45.5. The molecule has 0 unspecified atom stereocenters. The van der Waals surface area contributed by atoms with Crippen LogP contribution in [-0.4, -0.2) is 22.6 Å². The summed E-state index contributed by atoms with van der Waals surface area (Å²) in [5.74, 6) is 5.02. The van der Waals surface area contributed by atoms with Crippen molar-refractivity contribution in [3.8, 4) is 11.8 Å². The minimum atomic E-state index is -0.448. The third-order valence-electron chi connectivity index (χ3n) is 15.5. The molecule has 11 rings (SSSR count). The normalized spacial score (nSPS) is 17.5. The van der Waals surface area contributed by atoms with Crippen molar-refractivity contribution in [2.24, 2.45) is 0 Å². The summed E-state index contributed by atoms with van der Waals surface area (Å²) in [6.45, 7) is 0. The summed E-state index contributed by atoms with van der Waals surface area (Å²) in [4.78, 5) is 0. The van der Waals surface area contributed by atoms with Crippen LogP contribution in [0.15, 0.2) is 133 Å². The van der Waals surface area contributed by atoms with Gasteiger partial charge in [-0.05, 0) is 147 Å². The zero-order valence-corrected chi connectivity index (χ0v) is 45.1. The number of hydrogen-bond donors (Lipinski definition) is 0. The number of benzene rings is 7. The van der Waals surface area contributed by atoms with Crippen molar-refractivity contribution < 1.29 is 44.8 Å². The Balaban J connectivity index is 0.000000160. The minimum absolute atomic E-state index is 0. The van der Waals surface area contributed by atoms with Gasteiger partial charge in [-0.15, -0.1) is 23.3 Å². The molecular weight excluding hydrogens is 1200 g/mol. The first kappa shape index (κ1) is 50.9. The maximum Gasteiger partial charge on any atom is 1.00 e. The van der Waals surface area contributed by atoms with Crippen LogP contribution in [0.2, 0.25) is 0 Å². The zero-order valence-electron chi connectivity index (χ0n) is 38.8. The van der Waals surface area contributed by atoms with Gasteiger partial charge in [0.25, 0.3) is 0 Å². The van der Waals surface area contributed by atoms with Gasteiger partial charge in [0, 0.05) is 15.8 Å². The third-order valence-corrected chi connectivity index (χ3v) is 23.7. The van der Waals surface area contributed by atoms with Gasteiger partial charge in [-0.2, -0.15) is 0 Å². The van der Waals surface area contributed by atoms with E-state index in [1.165, 1.54) is 98.6 Å². The second-order valence-corrected chi connectivity index (χ2v) is 25.6. The van der Waals surface area contributed by atoms with Gasteiger partial charge < -0.3 is 12.8 Å². The average molecular weight is 1270 g/mol. The maximum atomic E-state index is 7.35. The molecule has 66 heavy (non-hydrogen) atoms. The smallest absolute Gasteiger partial charge is 0.366 e. The molecule has 4 aliphatic carbocycles. The van der Waals surface area contributed by atoms with Crippen LogP contribution in [-0.2, 0) is 44.8 Å². The van der Waals surface area contributed by atoms with E-state index in [0.717, 1.165) is 55.3 Å². The van der Waals surface area contributed by atoms with Crippen LogP contribution in [0.3, 0.4) is 0 Å². The van der Waals surface area contributed by atoms with E-state index >= 15 is 0 Å². The predicted molar refractivity (Wildman–Crippen MR) is 285 cm³/mol. The van der Waals surface area contributed by atoms with Gasteiger partial charge in [0.15, 0.2) is 0 Å². The van der Waals surface area contributed by atoms with Crippen LogP contribution in [0.1, 0.15) is 140 Å². The van der Waals surface area contributed by atoms with Crippen molar-refractivity contribution in [1.82, 2.24) is 0 Å². The molecule has 4 saturated carbocycles. The van der Waals surface area contributed by atoms with Crippen molar-refractivity contribution in [3.63, 3.8) is 0 Å². The van der Waals surface area contributed by atoms with Gasteiger partial charge in [-0.3, -0.25) is 11.8 Å². The average Bonchev–Trinajstić information content (AvgIpc) is 3.38. The molecule has 0 radical (unpaired) electrons. The van der Waals surface area contributed by atoms with Crippen LogP contribution < -0.4 is 10.6 Å². The van der Waals surface area contributed by atoms with E-state index in [9.17, 15) is 0 Å². The van der Waals surface area contributed by atoms with Crippen molar-refractivity contribution in [2.75, 3.05) is 0 Å². The molecule has 0 bridgehead atoms. The Kier molecular flexibility index (Phi) is 19.7. The van der Waals surface area contributed by atoms with Crippen molar-refractivity contribution >= 4 is 69.5 Å². The molecule has 0 spiro atoms. The minimum Gasteiger partial charge on any atom is -0.366 e. The molecule has 0 amide bonds. The van der Waals surface area contributed by atoms with E-state index in [1.807, 2.05) is 83.4 Å². The van der Waals surface area contributed by atoms with E-state index < -0.39 is 15.8 Å². The van der Waals surface area contributed by atoms with Gasteiger partial charge in [0.1, 0.15) is 10.6 Å². The molecule has 4 aliphatic rings. The summed E-state index contributed by atoms with van der Waals surface area (Å²) in [5, 5.41) is 13.4. The monoisotopic (exact) mass is 1270 g/mol. The SMILES string of the molecule is [Au+].[Au+].[C-]#Cc1cc2ccccc2c2ccccc12.[C-]#Cc1cc2ccccc2c2ccccc12.c1ccc([PH+](C2CCCCC2)C2CCCCC2)c([PH+](C2CCCCC2)C2CCCCC2)c1. The largest absolute Gasteiger partial charge is 1.00 e. The summed E-state index contributed by atoms with van der Waals surface area (Å²) < 4.78 is 0. The van der Waals surface area contributed by atoms with Crippen molar-refractivity contribution in [1.29, 1.82) is 0 Å². The molecule has 7 aromatic rings. The van der Waals surface area contributed by atoms with Gasteiger partial charge in [-0.25, -0.2) is 0 Å². The predicted octanol–water partition coefficient (Wildman–Crippen LogP) is 16.6. The fraction of sp³-hybridized carbons (Fsp3) is 0.387. The zero-order chi connectivity index (χ0) is 43.5. The van der Waals surface area contributed by atoms with Crippen LogP contribution in [0.5, 0.6) is 0 Å². The first-order chi connectivity index (χ1) is 31.7. The molecule has 0 N–H and O–H groups in total. The van der Waals surface area contributed by atoms with Gasteiger partial charge in [-0.1, -0.05) is 146 Å². The maximum absolute atomic E-state index is 7.35. The molecule has 346 valence electrons. The molecule has 0 heterocycles. The second kappa shape index (κ2) is 25.6. The topological polar surface area (TPSA) is 0 Å². The first-order valence-electron chi connectivity index (χ1n) is 25.2. The summed E-state index contributed by atoms with van der Waals surface area (Å²) >= 11 is 0. The number of fused-ring (bicyclic) bond motifs is 6. The molecule has 4 fully saturated rings. The number of rotatable bonds is 6. The Bertz CT molecular complexity index is 2490. The summed E-state index contributed by atoms with van der Waals surface area (Å²) in [5.41, 5.74) is 6.04. The van der Waals surface area contributed by atoms with Crippen LogP contribution in [0, 0.1) is 24.7 Å². The Labute approximate surface area is 431 Å². The molecule has 7 aromatic carbocycles. The second-order valence-electron chi connectivity index (χ2n) is 19.4. The van der Waals surface area contributed by atoms with Gasteiger partial charge in [0.2, 0.25) is 0 Å². The molecule has 4 heteroatoms. The van der Waals surface area contributed by atoms with Crippen molar-refractivity contribution in [3.05, 3.63) is 157 Å². The van der Waals surface area contributed by atoms with Gasteiger partial charge in [0.05, 0.1) is 22.6 Å². The molecule has 0 atom stereocenters. The standard InChI is InChI=1S/C30H48P2.2C16H9.2Au/c1-5-15-25(16-6-1)31(26-17-7-2-8-18-26)29-23-13-14-24-30(29)32(27-19-9-3-10-20-27)28-21-11-4-12-22-28;2*1-2-12-11-13-7-3-4-9-15(13)16-10-6-5-8-14(12)16;;/h13-14,23-28H,1-12,15-22H2;2*3-11H;;/q;2*-1;2*+1/p+2. The molecule has 0 aromatic heterocycles. The van der Waals surface area contributed by atoms with Crippen LogP contribution in [0.4, 0.5) is 0 Å². The Hall–Kier alpha value is -2.96. The van der Waals surface area contributed by atoms with E-state index in [2.05, 4.69) is 72.5 Å². The van der Waals surface area contributed by atoms with Crippen molar-refractivity contribution in [2.45, 2.75) is 151 Å². The quantitative estimate of drug-likeness (QED) is 0.0512. The molecule has 0 saturated heterocycles. The molecule has 0 nitrogen and oxygen atoms in total. The first-order valence-corrected chi connectivity index (χ1v) is 28.5. The Morgan fingerprint density at radius 2 is 0.576 bits per heavy atom.